The number of ether oxygens (including phenoxy) is 2. The maximum atomic E-state index is 13.3. The molecule has 9 heteroatoms. The number of anilines is 1. The van der Waals surface area contributed by atoms with Crippen LogP contribution in [0.2, 0.25) is 5.02 Å². The Morgan fingerprint density at radius 1 is 1.11 bits per heavy atom. The number of carbonyl (C=O) groups is 2. The number of aryl methyl sites for hydroxylation is 1. The topological polar surface area (TPSA) is 85.7 Å². The average molecular weight is 525 g/mol. The van der Waals surface area contributed by atoms with Crippen LogP contribution in [0.4, 0.5) is 10.5 Å². The van der Waals surface area contributed by atoms with E-state index in [1.54, 1.807) is 9.58 Å². The highest BCUT2D eigenvalue weighted by Crippen LogP contribution is 2.29. The van der Waals surface area contributed by atoms with Gasteiger partial charge in [0.05, 0.1) is 17.3 Å². The van der Waals surface area contributed by atoms with Crippen molar-refractivity contribution in [2.24, 2.45) is 0 Å². The van der Waals surface area contributed by atoms with Gasteiger partial charge >= 0.3 is 6.09 Å². The first-order chi connectivity index (χ1) is 17.6. The summed E-state index contributed by atoms with van der Waals surface area (Å²) in [7, 11) is 0. The summed E-state index contributed by atoms with van der Waals surface area (Å²) in [5, 5.41) is 7.64. The molecule has 0 bridgehead atoms. The maximum absolute atomic E-state index is 13.3. The van der Waals surface area contributed by atoms with Gasteiger partial charge in [-0.3, -0.25) is 9.48 Å². The number of amides is 2. The molecule has 0 aliphatic carbocycles. The van der Waals surface area contributed by atoms with E-state index in [2.05, 4.69) is 10.4 Å². The lowest BCUT2D eigenvalue weighted by Gasteiger charge is -2.33. The van der Waals surface area contributed by atoms with E-state index in [0.29, 0.717) is 43.9 Å². The maximum Gasteiger partial charge on any atom is 0.410 e. The molecule has 196 valence electrons. The zero-order chi connectivity index (χ0) is 26.6. The van der Waals surface area contributed by atoms with Crippen molar-refractivity contribution in [1.82, 2.24) is 14.7 Å². The number of piperidine rings is 1. The van der Waals surface area contributed by atoms with Gasteiger partial charge in [-0.25, -0.2) is 4.79 Å². The third-order valence-electron chi connectivity index (χ3n) is 6.12. The highest BCUT2D eigenvalue weighted by Gasteiger charge is 2.30. The lowest BCUT2D eigenvalue weighted by molar-refractivity contribution is 0.0183. The van der Waals surface area contributed by atoms with Gasteiger partial charge in [0.25, 0.3) is 5.91 Å². The first-order valence-corrected chi connectivity index (χ1v) is 12.8. The molecule has 8 nitrogen and oxygen atoms in total. The Hall–Kier alpha value is -3.52. The van der Waals surface area contributed by atoms with E-state index in [-0.39, 0.29) is 23.1 Å². The molecule has 1 aliphatic rings. The zero-order valence-corrected chi connectivity index (χ0v) is 22.4. The number of nitrogens with zero attached hydrogens (tertiary/aromatic N) is 3. The molecule has 37 heavy (non-hydrogen) atoms. The number of carbonyl (C=O) groups excluding carboxylic acids is 2. The Morgan fingerprint density at radius 2 is 1.81 bits per heavy atom. The molecule has 1 fully saturated rings. The fourth-order valence-electron chi connectivity index (χ4n) is 4.24. The lowest BCUT2D eigenvalue weighted by Crippen LogP contribution is -2.42. The minimum absolute atomic E-state index is 0.0539. The van der Waals surface area contributed by atoms with Crippen LogP contribution in [0.3, 0.4) is 0 Å². The molecule has 0 radical (unpaired) electrons. The number of likely N-dealkylation sites (tertiary alicyclic amines) is 1. The van der Waals surface area contributed by atoms with Gasteiger partial charge in [-0.1, -0.05) is 41.9 Å². The quantitative estimate of drug-likeness (QED) is 0.412. The van der Waals surface area contributed by atoms with Crippen molar-refractivity contribution in [1.29, 1.82) is 0 Å². The second-order valence-corrected chi connectivity index (χ2v) is 10.6. The number of hydrogen-bond donors (Lipinski definition) is 1. The van der Waals surface area contributed by atoms with Gasteiger partial charge in [0.1, 0.15) is 23.7 Å². The summed E-state index contributed by atoms with van der Waals surface area (Å²) in [6.07, 6.45) is 2.45. The van der Waals surface area contributed by atoms with E-state index in [9.17, 15) is 9.59 Å². The van der Waals surface area contributed by atoms with Gasteiger partial charge in [0, 0.05) is 18.8 Å². The van der Waals surface area contributed by atoms with Crippen molar-refractivity contribution >= 4 is 29.3 Å². The predicted molar refractivity (Wildman–Crippen MR) is 143 cm³/mol. The molecule has 0 unspecified atom stereocenters. The molecule has 1 saturated heterocycles. The number of halogens is 1. The minimum Gasteiger partial charge on any atom is -0.489 e. The van der Waals surface area contributed by atoms with E-state index < -0.39 is 5.60 Å². The molecule has 1 aliphatic heterocycles. The van der Waals surface area contributed by atoms with Crippen LogP contribution in [0.1, 0.15) is 61.3 Å². The van der Waals surface area contributed by atoms with Crippen LogP contribution in [-0.4, -0.2) is 45.4 Å². The number of nitrogens with one attached hydrogen (secondary N) is 1. The van der Waals surface area contributed by atoms with Crippen molar-refractivity contribution in [3.05, 3.63) is 76.6 Å². The summed E-state index contributed by atoms with van der Waals surface area (Å²) >= 11 is 6.39. The summed E-state index contributed by atoms with van der Waals surface area (Å²) < 4.78 is 13.0. The number of aromatic nitrogens is 2. The van der Waals surface area contributed by atoms with Crippen molar-refractivity contribution in [3.8, 4) is 5.75 Å². The highest BCUT2D eigenvalue weighted by atomic mass is 35.5. The van der Waals surface area contributed by atoms with Gasteiger partial charge in [-0.05, 0) is 69.9 Å². The first-order valence-electron chi connectivity index (χ1n) is 12.4. The summed E-state index contributed by atoms with van der Waals surface area (Å²) in [6, 6.07) is 15.4. The van der Waals surface area contributed by atoms with Crippen molar-refractivity contribution < 1.29 is 19.1 Å². The molecule has 2 heterocycles. The predicted octanol–water partition coefficient (Wildman–Crippen LogP) is 6.25. The van der Waals surface area contributed by atoms with Gasteiger partial charge in [-0.15, -0.1) is 0 Å². The first kappa shape index (κ1) is 26.5. The van der Waals surface area contributed by atoms with E-state index >= 15 is 0 Å². The Balaban J connectivity index is 1.39. The van der Waals surface area contributed by atoms with Gasteiger partial charge in [-0.2, -0.15) is 5.10 Å². The zero-order valence-electron chi connectivity index (χ0n) is 21.7. The van der Waals surface area contributed by atoms with Crippen molar-refractivity contribution in [2.45, 2.75) is 58.8 Å². The van der Waals surface area contributed by atoms with Crippen LogP contribution >= 0.6 is 11.6 Å². The molecule has 1 aromatic heterocycles. The minimum atomic E-state index is -0.543. The van der Waals surface area contributed by atoms with E-state index in [1.165, 1.54) is 6.20 Å². The molecule has 0 atom stereocenters. The van der Waals surface area contributed by atoms with Crippen LogP contribution in [0, 0.1) is 6.92 Å². The molecule has 0 spiro atoms. The van der Waals surface area contributed by atoms with Crippen LogP contribution in [-0.2, 0) is 11.3 Å². The number of rotatable bonds is 6. The fraction of sp³-hybridized carbons (Fsp3) is 0.393. The van der Waals surface area contributed by atoms with Gasteiger partial charge in [0.2, 0.25) is 0 Å². The van der Waals surface area contributed by atoms with Gasteiger partial charge < -0.3 is 19.7 Å². The van der Waals surface area contributed by atoms with Crippen LogP contribution in [0.5, 0.6) is 5.75 Å². The largest absolute Gasteiger partial charge is 0.489 e. The van der Waals surface area contributed by atoms with Crippen molar-refractivity contribution in [2.75, 3.05) is 18.4 Å². The molecule has 0 saturated carbocycles. The summed E-state index contributed by atoms with van der Waals surface area (Å²) in [5.41, 5.74) is 2.38. The van der Waals surface area contributed by atoms with Crippen LogP contribution in [0.25, 0.3) is 0 Å². The normalized spacial score (nSPS) is 14.4. The second kappa shape index (κ2) is 11.3. The fourth-order valence-corrected chi connectivity index (χ4v) is 4.45. The lowest BCUT2D eigenvalue weighted by atomic mass is 10.1. The number of benzene rings is 2. The Morgan fingerprint density at radius 3 is 2.46 bits per heavy atom. The average Bonchev–Trinajstić information content (AvgIpc) is 3.25. The van der Waals surface area contributed by atoms with E-state index in [4.69, 9.17) is 21.1 Å². The molecular weight excluding hydrogens is 492 g/mol. The molecule has 4 rings (SSSR count). The van der Waals surface area contributed by atoms with E-state index in [1.807, 2.05) is 76.2 Å². The summed E-state index contributed by atoms with van der Waals surface area (Å²) in [5.74, 6) is 0.386. The van der Waals surface area contributed by atoms with Crippen LogP contribution < -0.4 is 10.1 Å². The summed E-state index contributed by atoms with van der Waals surface area (Å²) in [6.45, 7) is 8.96. The molecular formula is C28H33ClN4O4. The third kappa shape index (κ3) is 6.83. The van der Waals surface area contributed by atoms with E-state index in [0.717, 1.165) is 16.9 Å². The SMILES string of the molecule is Cc1cc(OCc2ccccc2)ccc1NC(=O)c1c(Cl)cnn1C1CCN(C(=O)OC(C)(C)C)CC1. The highest BCUT2D eigenvalue weighted by molar-refractivity contribution is 6.34. The molecule has 2 amide bonds. The Labute approximate surface area is 222 Å². The monoisotopic (exact) mass is 524 g/mol. The Kier molecular flexibility index (Phi) is 8.07. The molecule has 3 aromatic rings. The van der Waals surface area contributed by atoms with Crippen LogP contribution in [0.15, 0.2) is 54.7 Å². The standard InChI is InChI=1S/C28H33ClN4O4/c1-19-16-22(36-18-20-8-6-5-7-9-20)10-11-24(19)31-26(34)25-23(29)17-30-33(25)21-12-14-32(15-13-21)27(35)37-28(2,3)4/h5-11,16-17,21H,12-15,18H2,1-4H3,(H,31,34). The third-order valence-corrected chi connectivity index (χ3v) is 6.40. The summed E-state index contributed by atoms with van der Waals surface area (Å²) in [4.78, 5) is 27.4. The second-order valence-electron chi connectivity index (χ2n) is 10.2. The molecule has 1 N–H and O–H groups in total. The number of hydrogen-bond acceptors (Lipinski definition) is 5. The Bertz CT molecular complexity index is 1240. The smallest absolute Gasteiger partial charge is 0.410 e. The van der Waals surface area contributed by atoms with Crippen molar-refractivity contribution in [3.63, 3.8) is 0 Å². The van der Waals surface area contributed by atoms with Gasteiger partial charge in [0.15, 0.2) is 0 Å². The molecule has 2 aromatic carbocycles.